The molecular weight excluding hydrogens is 317 g/mol. The Bertz CT molecular complexity index is 851. The lowest BCUT2D eigenvalue weighted by Gasteiger charge is -2.05. The van der Waals surface area contributed by atoms with Crippen LogP contribution in [0.5, 0.6) is 0 Å². The van der Waals surface area contributed by atoms with Crippen molar-refractivity contribution in [1.29, 1.82) is 0 Å². The SMILES string of the molecule is Cl.O=C(O)CCc1ccc2cc(-c3cccc(F)c3)cnc2c1. The molecule has 0 saturated carbocycles. The summed E-state index contributed by atoms with van der Waals surface area (Å²) in [5.41, 5.74) is 3.39. The van der Waals surface area contributed by atoms with E-state index in [2.05, 4.69) is 4.98 Å². The van der Waals surface area contributed by atoms with Crippen LogP contribution in [0.2, 0.25) is 0 Å². The van der Waals surface area contributed by atoms with Crippen LogP contribution in [0.4, 0.5) is 4.39 Å². The number of benzene rings is 2. The summed E-state index contributed by atoms with van der Waals surface area (Å²) in [6.45, 7) is 0. The second-order valence-corrected chi connectivity index (χ2v) is 5.16. The van der Waals surface area contributed by atoms with Crippen LogP contribution in [0.1, 0.15) is 12.0 Å². The highest BCUT2D eigenvalue weighted by Gasteiger charge is 2.04. The van der Waals surface area contributed by atoms with E-state index in [1.807, 2.05) is 30.3 Å². The van der Waals surface area contributed by atoms with Crippen molar-refractivity contribution in [3.05, 3.63) is 66.1 Å². The first-order valence-corrected chi connectivity index (χ1v) is 6.98. The number of hydrogen-bond acceptors (Lipinski definition) is 2. The van der Waals surface area contributed by atoms with Crippen molar-refractivity contribution in [3.8, 4) is 11.1 Å². The van der Waals surface area contributed by atoms with Crippen LogP contribution in [0, 0.1) is 5.82 Å². The van der Waals surface area contributed by atoms with Crippen molar-refractivity contribution in [2.24, 2.45) is 0 Å². The van der Waals surface area contributed by atoms with E-state index in [1.54, 1.807) is 12.3 Å². The molecule has 5 heteroatoms. The van der Waals surface area contributed by atoms with E-state index in [1.165, 1.54) is 12.1 Å². The monoisotopic (exact) mass is 331 g/mol. The van der Waals surface area contributed by atoms with E-state index in [9.17, 15) is 9.18 Å². The summed E-state index contributed by atoms with van der Waals surface area (Å²) in [6, 6.07) is 14.1. The zero-order chi connectivity index (χ0) is 15.5. The lowest BCUT2D eigenvalue weighted by molar-refractivity contribution is -0.136. The standard InChI is InChI=1S/C18H14FNO2.ClH/c19-16-3-1-2-13(10-16)15-9-14-6-4-12(5-7-18(21)22)8-17(14)20-11-15;/h1-4,6,8-11H,5,7H2,(H,21,22);1H. The van der Waals surface area contributed by atoms with Crippen LogP contribution < -0.4 is 0 Å². The Hall–Kier alpha value is -2.46. The molecule has 23 heavy (non-hydrogen) atoms. The number of carbonyl (C=O) groups is 1. The average Bonchev–Trinajstić information content (AvgIpc) is 2.52. The van der Waals surface area contributed by atoms with Gasteiger partial charge < -0.3 is 5.11 Å². The second kappa shape index (κ2) is 7.20. The maximum atomic E-state index is 13.3. The number of halogens is 2. The van der Waals surface area contributed by atoms with E-state index in [4.69, 9.17) is 5.11 Å². The van der Waals surface area contributed by atoms with Crippen molar-refractivity contribution in [1.82, 2.24) is 4.98 Å². The van der Waals surface area contributed by atoms with Crippen LogP contribution >= 0.6 is 12.4 Å². The highest BCUT2D eigenvalue weighted by atomic mass is 35.5. The number of hydrogen-bond donors (Lipinski definition) is 1. The lowest BCUT2D eigenvalue weighted by atomic mass is 10.0. The molecule has 0 atom stereocenters. The fourth-order valence-electron chi connectivity index (χ4n) is 2.40. The third-order valence-corrected chi connectivity index (χ3v) is 3.53. The van der Waals surface area contributed by atoms with E-state index in [-0.39, 0.29) is 24.6 Å². The van der Waals surface area contributed by atoms with Gasteiger partial charge in [0.15, 0.2) is 0 Å². The van der Waals surface area contributed by atoms with Gasteiger partial charge in [0.1, 0.15) is 5.82 Å². The molecule has 1 aromatic heterocycles. The molecule has 0 amide bonds. The van der Waals surface area contributed by atoms with Crippen LogP contribution in [0.15, 0.2) is 54.7 Å². The van der Waals surface area contributed by atoms with Crippen LogP contribution in [0.25, 0.3) is 22.0 Å². The van der Waals surface area contributed by atoms with Gasteiger partial charge in [0.05, 0.1) is 5.52 Å². The first-order chi connectivity index (χ1) is 10.6. The fourth-order valence-corrected chi connectivity index (χ4v) is 2.40. The van der Waals surface area contributed by atoms with Gasteiger partial charge in [-0.1, -0.05) is 24.3 Å². The lowest BCUT2D eigenvalue weighted by Crippen LogP contribution is -1.97. The molecule has 0 bridgehead atoms. The summed E-state index contributed by atoms with van der Waals surface area (Å²) >= 11 is 0. The average molecular weight is 332 g/mol. The Morgan fingerprint density at radius 3 is 2.65 bits per heavy atom. The molecule has 2 aromatic carbocycles. The number of aliphatic carboxylic acids is 1. The molecule has 0 radical (unpaired) electrons. The summed E-state index contributed by atoms with van der Waals surface area (Å²) in [4.78, 5) is 15.0. The van der Waals surface area contributed by atoms with Gasteiger partial charge >= 0.3 is 5.97 Å². The van der Waals surface area contributed by atoms with Crippen LogP contribution in [0.3, 0.4) is 0 Å². The molecular formula is C18H15ClFNO2. The van der Waals surface area contributed by atoms with Crippen molar-refractivity contribution >= 4 is 29.3 Å². The van der Waals surface area contributed by atoms with E-state index in [0.717, 1.165) is 27.6 Å². The number of carboxylic acids is 1. The number of carboxylic acid groups (broad SMARTS) is 1. The Balaban J connectivity index is 0.00000192. The van der Waals surface area contributed by atoms with E-state index < -0.39 is 5.97 Å². The molecule has 3 rings (SSSR count). The third-order valence-electron chi connectivity index (χ3n) is 3.53. The first-order valence-electron chi connectivity index (χ1n) is 6.98. The summed E-state index contributed by atoms with van der Waals surface area (Å²) in [5, 5.41) is 9.67. The molecule has 0 aliphatic heterocycles. The predicted molar refractivity (Wildman–Crippen MR) is 90.3 cm³/mol. The Labute approximate surface area is 139 Å². The van der Waals surface area contributed by atoms with Crippen molar-refractivity contribution in [2.45, 2.75) is 12.8 Å². The minimum absolute atomic E-state index is 0. The van der Waals surface area contributed by atoms with Crippen molar-refractivity contribution < 1.29 is 14.3 Å². The molecule has 0 aliphatic rings. The number of fused-ring (bicyclic) bond motifs is 1. The molecule has 1 heterocycles. The van der Waals surface area contributed by atoms with E-state index in [0.29, 0.717) is 6.42 Å². The molecule has 0 fully saturated rings. The minimum atomic E-state index is -0.811. The molecule has 0 unspecified atom stereocenters. The zero-order valence-corrected chi connectivity index (χ0v) is 13.0. The number of aromatic nitrogens is 1. The second-order valence-electron chi connectivity index (χ2n) is 5.16. The minimum Gasteiger partial charge on any atom is -0.481 e. The smallest absolute Gasteiger partial charge is 0.303 e. The molecule has 118 valence electrons. The summed E-state index contributed by atoms with van der Waals surface area (Å²) in [5.74, 6) is -1.09. The number of aryl methyl sites for hydroxylation is 1. The van der Waals surface area contributed by atoms with Gasteiger partial charge in [-0.3, -0.25) is 9.78 Å². The van der Waals surface area contributed by atoms with Gasteiger partial charge in [0.2, 0.25) is 0 Å². The van der Waals surface area contributed by atoms with Gasteiger partial charge in [-0.15, -0.1) is 12.4 Å². The zero-order valence-electron chi connectivity index (χ0n) is 12.2. The van der Waals surface area contributed by atoms with Gasteiger partial charge in [0.25, 0.3) is 0 Å². The van der Waals surface area contributed by atoms with Crippen LogP contribution in [-0.2, 0) is 11.2 Å². The molecule has 3 aromatic rings. The third kappa shape index (κ3) is 4.05. The number of nitrogens with zero attached hydrogens (tertiary/aromatic N) is 1. The highest BCUT2D eigenvalue weighted by molar-refractivity contribution is 5.85. The first kappa shape index (κ1) is 16.9. The maximum Gasteiger partial charge on any atom is 0.303 e. The summed E-state index contributed by atoms with van der Waals surface area (Å²) in [6.07, 6.45) is 2.30. The Morgan fingerprint density at radius 1 is 1.09 bits per heavy atom. The topological polar surface area (TPSA) is 50.2 Å². The number of rotatable bonds is 4. The van der Waals surface area contributed by atoms with Gasteiger partial charge in [-0.05, 0) is 41.8 Å². The van der Waals surface area contributed by atoms with Crippen molar-refractivity contribution in [2.75, 3.05) is 0 Å². The van der Waals surface area contributed by atoms with Gasteiger partial charge in [0, 0.05) is 23.6 Å². The predicted octanol–water partition coefficient (Wildman–Crippen LogP) is 4.48. The number of pyridine rings is 1. The molecule has 1 N–H and O–H groups in total. The summed E-state index contributed by atoms with van der Waals surface area (Å²) in [7, 11) is 0. The quantitative estimate of drug-likeness (QED) is 0.766. The van der Waals surface area contributed by atoms with Gasteiger partial charge in [-0.2, -0.15) is 0 Å². The Morgan fingerprint density at radius 2 is 1.91 bits per heavy atom. The normalized spacial score (nSPS) is 10.3. The Kier molecular flexibility index (Phi) is 5.29. The van der Waals surface area contributed by atoms with Gasteiger partial charge in [-0.25, -0.2) is 4.39 Å². The van der Waals surface area contributed by atoms with E-state index >= 15 is 0 Å². The van der Waals surface area contributed by atoms with Crippen LogP contribution in [-0.4, -0.2) is 16.1 Å². The fraction of sp³-hybridized carbons (Fsp3) is 0.111. The highest BCUT2D eigenvalue weighted by Crippen LogP contribution is 2.24. The molecule has 0 saturated heterocycles. The molecule has 0 spiro atoms. The van der Waals surface area contributed by atoms with Crippen molar-refractivity contribution in [3.63, 3.8) is 0 Å². The molecule has 0 aliphatic carbocycles. The molecule has 3 nitrogen and oxygen atoms in total. The maximum absolute atomic E-state index is 13.3. The largest absolute Gasteiger partial charge is 0.481 e. The summed E-state index contributed by atoms with van der Waals surface area (Å²) < 4.78 is 13.3.